The lowest BCUT2D eigenvalue weighted by Gasteiger charge is -2.33. The van der Waals surface area contributed by atoms with Crippen molar-refractivity contribution in [2.24, 2.45) is 5.92 Å². The molecule has 1 aromatic heterocycles. The van der Waals surface area contributed by atoms with Crippen molar-refractivity contribution in [3.63, 3.8) is 0 Å². The number of anilines is 1. The first kappa shape index (κ1) is 12.0. The number of rotatable bonds is 1. The van der Waals surface area contributed by atoms with Crippen molar-refractivity contribution in [2.75, 3.05) is 11.9 Å². The fraction of sp³-hybridized carbons (Fsp3) is 0.538. The van der Waals surface area contributed by atoms with Crippen molar-refractivity contribution >= 4 is 27.7 Å². The van der Waals surface area contributed by atoms with Crippen molar-refractivity contribution in [3.05, 3.63) is 16.7 Å². The lowest BCUT2D eigenvalue weighted by atomic mass is 9.98. The van der Waals surface area contributed by atoms with Crippen LogP contribution in [-0.4, -0.2) is 24.0 Å². The quantitative estimate of drug-likeness (QED) is 0.749. The van der Waals surface area contributed by atoms with Crippen LogP contribution in [0.15, 0.2) is 16.7 Å². The first-order chi connectivity index (χ1) is 8.66. The second-order valence-corrected chi connectivity index (χ2v) is 5.75. The summed E-state index contributed by atoms with van der Waals surface area (Å²) in [7, 11) is 1.77. The highest BCUT2D eigenvalue weighted by Crippen LogP contribution is 2.38. The van der Waals surface area contributed by atoms with Gasteiger partial charge in [-0.1, -0.05) is 12.8 Å². The number of likely N-dealkylation sites (N-methyl/N-ethyl adjacent to an activating group) is 1. The van der Waals surface area contributed by atoms with Crippen molar-refractivity contribution in [2.45, 2.75) is 31.8 Å². The third kappa shape index (κ3) is 1.90. The van der Waals surface area contributed by atoms with Gasteiger partial charge in [0.1, 0.15) is 4.60 Å². The normalized spacial score (nSPS) is 24.0. The first-order valence-corrected chi connectivity index (χ1v) is 7.07. The summed E-state index contributed by atoms with van der Waals surface area (Å²) in [6.45, 7) is 0. The van der Waals surface area contributed by atoms with Gasteiger partial charge in [0.2, 0.25) is 0 Å². The van der Waals surface area contributed by atoms with Gasteiger partial charge < -0.3 is 4.74 Å². The molecular formula is C13H15BrN2O2. The summed E-state index contributed by atoms with van der Waals surface area (Å²) in [5.74, 6) is 1.69. The largest absolute Gasteiger partial charge is 0.476 e. The average molecular weight is 311 g/mol. The van der Waals surface area contributed by atoms with Crippen LogP contribution in [0.2, 0.25) is 0 Å². The van der Waals surface area contributed by atoms with Crippen LogP contribution in [0.1, 0.15) is 25.7 Å². The number of amides is 1. The van der Waals surface area contributed by atoms with E-state index in [2.05, 4.69) is 20.9 Å². The van der Waals surface area contributed by atoms with Crippen molar-refractivity contribution in [1.29, 1.82) is 0 Å². The first-order valence-electron chi connectivity index (χ1n) is 6.27. The number of ether oxygens (including phenoxy) is 1. The molecule has 2 aliphatic rings. The van der Waals surface area contributed by atoms with E-state index < -0.39 is 0 Å². The Morgan fingerprint density at radius 1 is 1.39 bits per heavy atom. The molecule has 18 heavy (non-hydrogen) atoms. The van der Waals surface area contributed by atoms with E-state index in [4.69, 9.17) is 4.74 Å². The Labute approximate surface area is 114 Å². The molecule has 4 nitrogen and oxygen atoms in total. The molecule has 5 heteroatoms. The van der Waals surface area contributed by atoms with Crippen LogP contribution in [-0.2, 0) is 4.79 Å². The number of fused-ring (bicyclic) bond motifs is 1. The maximum absolute atomic E-state index is 12.3. The molecule has 1 saturated carbocycles. The molecule has 1 unspecified atom stereocenters. The van der Waals surface area contributed by atoms with Crippen LogP contribution in [0.5, 0.6) is 5.75 Å². The summed E-state index contributed by atoms with van der Waals surface area (Å²) in [6, 6.07) is 3.71. The van der Waals surface area contributed by atoms with E-state index >= 15 is 0 Å². The van der Waals surface area contributed by atoms with Gasteiger partial charge in [0, 0.05) is 13.0 Å². The summed E-state index contributed by atoms with van der Waals surface area (Å²) in [4.78, 5) is 18.3. The minimum atomic E-state index is -0.326. The number of pyridine rings is 1. The van der Waals surface area contributed by atoms with Crippen molar-refractivity contribution < 1.29 is 9.53 Å². The zero-order valence-corrected chi connectivity index (χ0v) is 11.8. The van der Waals surface area contributed by atoms with Crippen LogP contribution >= 0.6 is 15.9 Å². The van der Waals surface area contributed by atoms with Crippen LogP contribution in [0.4, 0.5) is 5.82 Å². The smallest absolute Gasteiger partial charge is 0.269 e. The number of nitrogens with zero attached hydrogens (tertiary/aromatic N) is 2. The van der Waals surface area contributed by atoms with E-state index in [9.17, 15) is 4.79 Å². The van der Waals surface area contributed by atoms with Crippen molar-refractivity contribution in [1.82, 2.24) is 4.98 Å². The third-order valence-corrected chi connectivity index (χ3v) is 4.22. The van der Waals surface area contributed by atoms with Gasteiger partial charge in [-0.2, -0.15) is 0 Å². The highest BCUT2D eigenvalue weighted by Gasteiger charge is 2.39. The van der Waals surface area contributed by atoms with Gasteiger partial charge >= 0.3 is 0 Å². The maximum atomic E-state index is 12.3. The molecule has 0 radical (unpaired) electrons. The zero-order chi connectivity index (χ0) is 12.7. The second-order valence-electron chi connectivity index (χ2n) is 4.94. The van der Waals surface area contributed by atoms with Gasteiger partial charge in [-0.05, 0) is 40.9 Å². The number of aromatic nitrogens is 1. The summed E-state index contributed by atoms with van der Waals surface area (Å²) in [5, 5.41) is 0. The molecule has 1 aliphatic heterocycles. The fourth-order valence-electron chi connectivity index (χ4n) is 2.79. The Kier molecular flexibility index (Phi) is 3.01. The van der Waals surface area contributed by atoms with Crippen LogP contribution < -0.4 is 9.64 Å². The number of hydrogen-bond acceptors (Lipinski definition) is 3. The predicted molar refractivity (Wildman–Crippen MR) is 71.7 cm³/mol. The highest BCUT2D eigenvalue weighted by atomic mass is 79.9. The van der Waals surface area contributed by atoms with E-state index in [0.717, 1.165) is 12.8 Å². The minimum Gasteiger partial charge on any atom is -0.476 e. The van der Waals surface area contributed by atoms with Gasteiger partial charge in [0.05, 0.1) is 0 Å². The molecule has 96 valence electrons. The molecule has 1 aliphatic carbocycles. The summed E-state index contributed by atoms with van der Waals surface area (Å²) in [6.07, 6.45) is 4.25. The molecular weight excluding hydrogens is 296 g/mol. The second kappa shape index (κ2) is 4.53. The Morgan fingerprint density at radius 3 is 2.83 bits per heavy atom. The fourth-order valence-corrected chi connectivity index (χ4v) is 3.09. The molecule has 0 bridgehead atoms. The molecule has 1 aromatic rings. The number of carbonyl (C=O) groups excluding carboxylic acids is 1. The molecule has 0 spiro atoms. The van der Waals surface area contributed by atoms with E-state index in [1.165, 1.54) is 12.8 Å². The van der Waals surface area contributed by atoms with E-state index in [1.54, 1.807) is 11.9 Å². The Balaban J connectivity index is 1.94. The zero-order valence-electron chi connectivity index (χ0n) is 10.2. The highest BCUT2D eigenvalue weighted by molar-refractivity contribution is 9.10. The van der Waals surface area contributed by atoms with E-state index in [-0.39, 0.29) is 12.0 Å². The Morgan fingerprint density at radius 2 is 2.11 bits per heavy atom. The third-order valence-electron chi connectivity index (χ3n) is 3.78. The minimum absolute atomic E-state index is 0.0278. The summed E-state index contributed by atoms with van der Waals surface area (Å²) >= 11 is 3.31. The maximum Gasteiger partial charge on any atom is 0.269 e. The van der Waals surface area contributed by atoms with Crippen LogP contribution in [0.25, 0.3) is 0 Å². The number of hydrogen-bond donors (Lipinski definition) is 0. The molecule has 2 heterocycles. The van der Waals surface area contributed by atoms with Gasteiger partial charge in [-0.15, -0.1) is 0 Å². The molecule has 0 aromatic carbocycles. The molecule has 0 N–H and O–H groups in total. The van der Waals surface area contributed by atoms with Crippen LogP contribution in [0, 0.1) is 5.92 Å². The molecule has 1 amide bonds. The SMILES string of the molecule is CN1C(=O)C(C2CCCC2)Oc2ccc(Br)nc21. The lowest BCUT2D eigenvalue weighted by molar-refractivity contribution is -0.128. The predicted octanol–water partition coefficient (Wildman–Crippen LogP) is 2.76. The van der Waals surface area contributed by atoms with Crippen LogP contribution in [0.3, 0.4) is 0 Å². The standard InChI is InChI=1S/C13H15BrN2O2/c1-16-12-9(6-7-10(14)15-12)18-11(13(16)17)8-4-2-3-5-8/h6-8,11H,2-5H2,1H3. The topological polar surface area (TPSA) is 42.4 Å². The summed E-state index contributed by atoms with van der Waals surface area (Å²) in [5.41, 5.74) is 0. The Hall–Kier alpha value is -1.10. The van der Waals surface area contributed by atoms with E-state index in [0.29, 0.717) is 22.1 Å². The summed E-state index contributed by atoms with van der Waals surface area (Å²) < 4.78 is 6.59. The van der Waals surface area contributed by atoms with Gasteiger partial charge in [-0.3, -0.25) is 9.69 Å². The molecule has 3 rings (SSSR count). The average Bonchev–Trinajstić information content (AvgIpc) is 2.88. The number of carbonyl (C=O) groups is 1. The van der Waals surface area contributed by atoms with E-state index in [1.807, 2.05) is 12.1 Å². The van der Waals surface area contributed by atoms with Gasteiger partial charge in [-0.25, -0.2) is 4.98 Å². The molecule has 1 atom stereocenters. The molecule has 0 saturated heterocycles. The lowest BCUT2D eigenvalue weighted by Crippen LogP contribution is -2.47. The molecule has 1 fully saturated rings. The van der Waals surface area contributed by atoms with Gasteiger partial charge in [0.25, 0.3) is 5.91 Å². The van der Waals surface area contributed by atoms with Crippen molar-refractivity contribution in [3.8, 4) is 5.75 Å². The number of halogens is 1. The van der Waals surface area contributed by atoms with Gasteiger partial charge in [0.15, 0.2) is 17.7 Å². The monoisotopic (exact) mass is 310 g/mol. The Bertz CT molecular complexity index is 486.